The maximum Gasteiger partial charge on any atom is 1.00 e. The summed E-state index contributed by atoms with van der Waals surface area (Å²) < 4.78 is 26.2. The van der Waals surface area contributed by atoms with Crippen LogP contribution in [0.2, 0.25) is 5.02 Å². The Kier molecular flexibility index (Phi) is 11.3. The minimum absolute atomic E-state index is 0. The summed E-state index contributed by atoms with van der Waals surface area (Å²) in [6.45, 7) is 1.12. The molecule has 0 fully saturated rings. The summed E-state index contributed by atoms with van der Waals surface area (Å²) in [5.74, 6) is -1.27. The molecule has 0 saturated carbocycles. The predicted molar refractivity (Wildman–Crippen MR) is 146 cm³/mol. The first-order valence-electron chi connectivity index (χ1n) is 12.1. The van der Waals surface area contributed by atoms with Gasteiger partial charge in [0.2, 0.25) is 9.84 Å². The maximum absolute atomic E-state index is 13.1. The topological polar surface area (TPSA) is 107 Å². The van der Waals surface area contributed by atoms with Crippen LogP contribution in [-0.4, -0.2) is 32.6 Å². The number of sulfone groups is 1. The Balaban J connectivity index is 0.00000420. The maximum atomic E-state index is 13.1. The van der Waals surface area contributed by atoms with Crippen LogP contribution in [-0.2, 0) is 16.3 Å². The zero-order chi connectivity index (χ0) is 27.1. The van der Waals surface area contributed by atoms with Crippen molar-refractivity contribution < 1.29 is 53.0 Å². The molecule has 39 heavy (non-hydrogen) atoms. The molecule has 0 amide bonds. The number of rotatable bonds is 11. The molecule has 0 unspecified atom stereocenters. The molecule has 0 aliphatic rings. The summed E-state index contributed by atoms with van der Waals surface area (Å²) in [5, 5.41) is 25.2. The number of hydrogen-bond acceptors (Lipinski definition) is 6. The van der Waals surface area contributed by atoms with E-state index >= 15 is 0 Å². The standard InChI is InChI=1S/C30H28ClNO5S.Na/c31-26-8-2-6-24(19-26)29(33)20-32-17-3-4-21-9-13-27(14-10-21)38(36,37)28-15-11-22(12-16-28)23-5-1-7-25(18-23)30(34)35;/h1-2,5-16,18-19,29,32-33H,3-4,17,20H2,(H,34,35);/q;+1/p-1/t29-;/m0./s1. The van der Waals surface area contributed by atoms with Gasteiger partial charge in [-0.15, -0.1) is 0 Å². The van der Waals surface area contributed by atoms with Crippen LogP contribution in [0, 0.1) is 0 Å². The molecular weight excluding hydrogens is 545 g/mol. The summed E-state index contributed by atoms with van der Waals surface area (Å²) in [4.78, 5) is 11.5. The summed E-state index contributed by atoms with van der Waals surface area (Å²) in [5.41, 5.74) is 3.21. The zero-order valence-electron chi connectivity index (χ0n) is 21.5. The number of carbonyl (C=O) groups excluding carboxylic acids is 1. The molecule has 1 atom stereocenters. The van der Waals surface area contributed by atoms with Crippen molar-refractivity contribution in [2.45, 2.75) is 28.7 Å². The molecule has 4 aromatic rings. The third-order valence-corrected chi connectivity index (χ3v) is 8.24. The Bertz CT molecular complexity index is 1510. The average molecular weight is 572 g/mol. The minimum atomic E-state index is -3.70. The van der Waals surface area contributed by atoms with Crippen molar-refractivity contribution in [1.82, 2.24) is 5.32 Å². The van der Waals surface area contributed by atoms with Gasteiger partial charge in [0.1, 0.15) is 0 Å². The number of aliphatic hydroxyl groups is 1. The van der Waals surface area contributed by atoms with Gasteiger partial charge in [-0.3, -0.25) is 0 Å². The van der Waals surface area contributed by atoms with E-state index in [1.54, 1.807) is 54.6 Å². The Hall–Kier alpha value is -2.49. The number of aromatic carboxylic acids is 1. The largest absolute Gasteiger partial charge is 1.00 e. The minimum Gasteiger partial charge on any atom is -0.545 e. The van der Waals surface area contributed by atoms with Gasteiger partial charge in [-0.25, -0.2) is 8.42 Å². The number of hydrogen-bond donors (Lipinski definition) is 2. The molecule has 0 bridgehead atoms. The zero-order valence-corrected chi connectivity index (χ0v) is 25.1. The molecular formula is C30H27ClNNaO5S. The molecule has 0 saturated heterocycles. The number of carboxylic acid groups (broad SMARTS) is 1. The number of benzene rings is 4. The number of aliphatic hydroxyl groups excluding tert-OH is 1. The molecule has 0 aromatic heterocycles. The van der Waals surface area contributed by atoms with Gasteiger partial charge < -0.3 is 20.3 Å². The Morgan fingerprint density at radius 2 is 1.51 bits per heavy atom. The van der Waals surface area contributed by atoms with Gasteiger partial charge in [0.05, 0.1) is 21.9 Å². The van der Waals surface area contributed by atoms with Crippen molar-refractivity contribution in [3.05, 3.63) is 119 Å². The molecule has 4 rings (SSSR count). The molecule has 0 aliphatic carbocycles. The van der Waals surface area contributed by atoms with Gasteiger partial charge in [-0.1, -0.05) is 66.2 Å². The summed E-state index contributed by atoms with van der Waals surface area (Å²) in [6.07, 6.45) is 0.953. The van der Waals surface area contributed by atoms with Crippen LogP contribution in [0.4, 0.5) is 0 Å². The van der Waals surface area contributed by atoms with Crippen LogP contribution >= 0.6 is 11.6 Å². The molecule has 9 heteroatoms. The second kappa shape index (κ2) is 14.2. The molecule has 2 N–H and O–H groups in total. The van der Waals surface area contributed by atoms with Crippen molar-refractivity contribution in [1.29, 1.82) is 0 Å². The number of halogens is 1. The average Bonchev–Trinajstić information content (AvgIpc) is 2.93. The third-order valence-electron chi connectivity index (χ3n) is 6.22. The molecule has 0 radical (unpaired) electrons. The van der Waals surface area contributed by atoms with Gasteiger partial charge in [0.15, 0.2) is 0 Å². The van der Waals surface area contributed by atoms with E-state index < -0.39 is 21.9 Å². The van der Waals surface area contributed by atoms with Crippen molar-refractivity contribution in [2.24, 2.45) is 0 Å². The van der Waals surface area contributed by atoms with E-state index in [0.29, 0.717) is 29.2 Å². The molecule has 196 valence electrons. The first-order valence-corrected chi connectivity index (χ1v) is 14.0. The van der Waals surface area contributed by atoms with Crippen molar-refractivity contribution in [3.8, 4) is 11.1 Å². The SMILES string of the molecule is O=C([O-])c1cccc(-c2ccc(S(=O)(=O)c3ccc(CCCNC[C@H](O)c4cccc(Cl)c4)cc3)cc2)c1.[Na+]. The van der Waals surface area contributed by atoms with Gasteiger partial charge in [0.25, 0.3) is 0 Å². The van der Waals surface area contributed by atoms with E-state index in [9.17, 15) is 23.4 Å². The van der Waals surface area contributed by atoms with Crippen LogP contribution < -0.4 is 40.0 Å². The quantitative estimate of drug-likeness (QED) is 0.209. The summed E-state index contributed by atoms with van der Waals surface area (Å²) >= 11 is 5.97. The number of aryl methyl sites for hydroxylation is 1. The van der Waals surface area contributed by atoms with Gasteiger partial charge >= 0.3 is 29.6 Å². The normalized spacial score (nSPS) is 11.9. The Morgan fingerprint density at radius 1 is 0.872 bits per heavy atom. The summed E-state index contributed by atoms with van der Waals surface area (Å²) in [6, 6.07) is 26.7. The molecule has 4 aromatic carbocycles. The molecule has 6 nitrogen and oxygen atoms in total. The summed E-state index contributed by atoms with van der Waals surface area (Å²) in [7, 11) is -3.70. The first kappa shape index (κ1) is 31.0. The van der Waals surface area contributed by atoms with Gasteiger partial charge in [-0.05, 0) is 89.7 Å². The van der Waals surface area contributed by atoms with E-state index in [-0.39, 0.29) is 44.9 Å². The second-order valence-electron chi connectivity index (χ2n) is 8.92. The van der Waals surface area contributed by atoms with E-state index in [0.717, 1.165) is 24.0 Å². The predicted octanol–water partition coefficient (Wildman–Crippen LogP) is 1.46. The van der Waals surface area contributed by atoms with E-state index in [2.05, 4.69) is 5.32 Å². The fourth-order valence-corrected chi connectivity index (χ4v) is 5.57. The Morgan fingerprint density at radius 3 is 2.15 bits per heavy atom. The van der Waals surface area contributed by atoms with Crippen LogP contribution in [0.5, 0.6) is 0 Å². The van der Waals surface area contributed by atoms with Crippen molar-refractivity contribution >= 4 is 27.4 Å². The monoisotopic (exact) mass is 571 g/mol. The first-order chi connectivity index (χ1) is 18.2. The number of nitrogens with one attached hydrogen (secondary N) is 1. The van der Waals surface area contributed by atoms with E-state index in [1.807, 2.05) is 18.2 Å². The molecule has 0 spiro atoms. The van der Waals surface area contributed by atoms with E-state index in [4.69, 9.17) is 11.6 Å². The van der Waals surface area contributed by atoms with Crippen molar-refractivity contribution in [2.75, 3.05) is 13.1 Å². The second-order valence-corrected chi connectivity index (χ2v) is 11.3. The van der Waals surface area contributed by atoms with Crippen molar-refractivity contribution in [3.63, 3.8) is 0 Å². The molecule has 0 heterocycles. The smallest absolute Gasteiger partial charge is 0.545 e. The van der Waals surface area contributed by atoms with E-state index in [1.165, 1.54) is 24.3 Å². The van der Waals surface area contributed by atoms with Crippen LogP contribution in [0.15, 0.2) is 107 Å². The van der Waals surface area contributed by atoms with Crippen LogP contribution in [0.25, 0.3) is 11.1 Å². The number of carbonyl (C=O) groups is 1. The fraction of sp³-hybridized carbons (Fsp3) is 0.167. The Labute approximate surface area is 255 Å². The van der Waals surface area contributed by atoms with Gasteiger partial charge in [-0.2, -0.15) is 0 Å². The fourth-order valence-electron chi connectivity index (χ4n) is 4.11. The number of carboxylic acids is 1. The van der Waals surface area contributed by atoms with Crippen LogP contribution in [0.1, 0.15) is 34.0 Å². The third kappa shape index (κ3) is 8.25. The van der Waals surface area contributed by atoms with Gasteiger partial charge in [0, 0.05) is 11.6 Å². The van der Waals surface area contributed by atoms with Crippen LogP contribution in [0.3, 0.4) is 0 Å². The molecule has 0 aliphatic heterocycles.